The van der Waals surface area contributed by atoms with Crippen LogP contribution in [0.4, 0.5) is 0 Å². The van der Waals surface area contributed by atoms with E-state index in [1.807, 2.05) is 38.4 Å². The van der Waals surface area contributed by atoms with E-state index in [0.29, 0.717) is 6.54 Å². The maximum Gasteiger partial charge on any atom is 0.229 e. The zero-order valence-corrected chi connectivity index (χ0v) is 17.5. The van der Waals surface area contributed by atoms with Gasteiger partial charge in [-0.25, -0.2) is 0 Å². The van der Waals surface area contributed by atoms with Crippen LogP contribution in [0.3, 0.4) is 0 Å². The highest BCUT2D eigenvalue weighted by molar-refractivity contribution is 5.85. The Bertz CT molecular complexity index is 804. The standard InChI is InChI=1S/C23H31N3O2/c1-16-22(20-9-7-6-8-18(20)15-26(16)4)23(27)24-14-21(25(2)3)17-10-12-19(28-5)13-11-17/h6-13,16,21-22H,14-15H2,1-5H3,(H,24,27). The second-order valence-corrected chi connectivity index (χ2v) is 7.83. The van der Waals surface area contributed by atoms with Crippen molar-refractivity contribution in [1.29, 1.82) is 0 Å². The van der Waals surface area contributed by atoms with Gasteiger partial charge >= 0.3 is 0 Å². The van der Waals surface area contributed by atoms with Crippen LogP contribution in [0.5, 0.6) is 5.75 Å². The Morgan fingerprint density at radius 1 is 1.21 bits per heavy atom. The van der Waals surface area contributed by atoms with E-state index < -0.39 is 0 Å². The van der Waals surface area contributed by atoms with Gasteiger partial charge in [0.1, 0.15) is 5.75 Å². The van der Waals surface area contributed by atoms with Crippen LogP contribution in [0.1, 0.15) is 35.6 Å². The summed E-state index contributed by atoms with van der Waals surface area (Å²) in [5, 5.41) is 3.21. The van der Waals surface area contributed by atoms with E-state index in [0.717, 1.165) is 23.4 Å². The van der Waals surface area contributed by atoms with Gasteiger partial charge in [-0.05, 0) is 56.9 Å². The van der Waals surface area contributed by atoms with E-state index in [-0.39, 0.29) is 23.9 Å². The molecule has 0 spiro atoms. The second kappa shape index (κ2) is 8.76. The minimum atomic E-state index is -0.159. The Balaban J connectivity index is 1.75. The molecule has 3 unspecified atom stereocenters. The third kappa shape index (κ3) is 4.21. The lowest BCUT2D eigenvalue weighted by molar-refractivity contribution is -0.124. The maximum absolute atomic E-state index is 13.2. The van der Waals surface area contributed by atoms with E-state index in [4.69, 9.17) is 4.74 Å². The Morgan fingerprint density at radius 3 is 2.54 bits per heavy atom. The predicted octanol–water partition coefficient (Wildman–Crippen LogP) is 3.03. The highest BCUT2D eigenvalue weighted by Gasteiger charge is 2.35. The minimum Gasteiger partial charge on any atom is -0.497 e. The fourth-order valence-corrected chi connectivity index (χ4v) is 4.00. The van der Waals surface area contributed by atoms with Crippen LogP contribution in [0.25, 0.3) is 0 Å². The molecular weight excluding hydrogens is 350 g/mol. The molecule has 0 aromatic heterocycles. The molecule has 5 nitrogen and oxygen atoms in total. The average molecular weight is 382 g/mol. The fraction of sp³-hybridized carbons (Fsp3) is 0.435. The van der Waals surface area contributed by atoms with Crippen LogP contribution in [-0.2, 0) is 11.3 Å². The quantitative estimate of drug-likeness (QED) is 0.835. The van der Waals surface area contributed by atoms with Crippen molar-refractivity contribution in [3.05, 3.63) is 65.2 Å². The lowest BCUT2D eigenvalue weighted by Crippen LogP contribution is -2.47. The van der Waals surface area contributed by atoms with Gasteiger partial charge in [0.2, 0.25) is 5.91 Å². The molecule has 0 radical (unpaired) electrons. The van der Waals surface area contributed by atoms with Gasteiger partial charge < -0.3 is 15.0 Å². The summed E-state index contributed by atoms with van der Waals surface area (Å²) in [6.07, 6.45) is 0. The number of likely N-dealkylation sites (N-methyl/N-ethyl adjacent to an activating group) is 2. The summed E-state index contributed by atoms with van der Waals surface area (Å²) in [6, 6.07) is 16.6. The van der Waals surface area contributed by atoms with E-state index in [1.165, 1.54) is 5.56 Å². The van der Waals surface area contributed by atoms with Crippen molar-refractivity contribution in [2.75, 3.05) is 34.8 Å². The zero-order valence-electron chi connectivity index (χ0n) is 17.5. The summed E-state index contributed by atoms with van der Waals surface area (Å²) in [4.78, 5) is 17.6. The molecule has 28 heavy (non-hydrogen) atoms. The van der Waals surface area contributed by atoms with Gasteiger partial charge in [-0.1, -0.05) is 36.4 Å². The number of benzene rings is 2. The Labute approximate surface area is 168 Å². The lowest BCUT2D eigenvalue weighted by Gasteiger charge is -2.38. The van der Waals surface area contributed by atoms with Crippen molar-refractivity contribution >= 4 is 5.91 Å². The van der Waals surface area contributed by atoms with Gasteiger partial charge in [-0.3, -0.25) is 9.69 Å². The average Bonchev–Trinajstić information content (AvgIpc) is 2.69. The van der Waals surface area contributed by atoms with E-state index in [9.17, 15) is 4.79 Å². The molecule has 2 aromatic rings. The first-order valence-corrected chi connectivity index (χ1v) is 9.78. The number of methoxy groups -OCH3 is 1. The van der Waals surface area contributed by atoms with Gasteiger partial charge in [0, 0.05) is 19.1 Å². The van der Waals surface area contributed by atoms with Crippen molar-refractivity contribution in [3.63, 3.8) is 0 Å². The number of hydrogen-bond acceptors (Lipinski definition) is 4. The number of rotatable bonds is 6. The molecule has 1 heterocycles. The Morgan fingerprint density at radius 2 is 1.89 bits per heavy atom. The van der Waals surface area contributed by atoms with Crippen LogP contribution in [-0.4, -0.2) is 56.5 Å². The summed E-state index contributed by atoms with van der Waals surface area (Å²) in [7, 11) is 7.82. The topological polar surface area (TPSA) is 44.8 Å². The van der Waals surface area contributed by atoms with Crippen LogP contribution in [0, 0.1) is 0 Å². The number of carbonyl (C=O) groups excluding carboxylic acids is 1. The number of carbonyl (C=O) groups is 1. The molecule has 5 heteroatoms. The third-order valence-electron chi connectivity index (χ3n) is 5.86. The van der Waals surface area contributed by atoms with E-state index in [2.05, 4.69) is 53.4 Å². The van der Waals surface area contributed by atoms with Crippen molar-refractivity contribution in [1.82, 2.24) is 15.1 Å². The summed E-state index contributed by atoms with van der Waals surface area (Å²) in [5.74, 6) is 0.765. The molecule has 1 N–H and O–H groups in total. The van der Waals surface area contributed by atoms with Gasteiger partial charge in [0.05, 0.1) is 19.1 Å². The molecule has 3 atom stereocenters. The van der Waals surface area contributed by atoms with Gasteiger partial charge in [-0.2, -0.15) is 0 Å². The van der Waals surface area contributed by atoms with Gasteiger partial charge in [-0.15, -0.1) is 0 Å². The Kier molecular flexibility index (Phi) is 6.37. The van der Waals surface area contributed by atoms with Crippen LogP contribution in [0.15, 0.2) is 48.5 Å². The first-order valence-electron chi connectivity index (χ1n) is 9.78. The van der Waals surface area contributed by atoms with E-state index in [1.54, 1.807) is 7.11 Å². The number of hydrogen-bond donors (Lipinski definition) is 1. The SMILES string of the molecule is COc1ccc(C(CNC(=O)C2c3ccccc3CN(C)C2C)N(C)C)cc1. The molecule has 0 fully saturated rings. The highest BCUT2D eigenvalue weighted by Crippen LogP contribution is 2.32. The summed E-state index contributed by atoms with van der Waals surface area (Å²) < 4.78 is 5.25. The number of nitrogens with zero attached hydrogens (tertiary/aromatic N) is 2. The molecule has 1 aliphatic heterocycles. The van der Waals surface area contributed by atoms with Crippen LogP contribution in [0.2, 0.25) is 0 Å². The second-order valence-electron chi connectivity index (χ2n) is 7.83. The van der Waals surface area contributed by atoms with Crippen LogP contribution < -0.4 is 10.1 Å². The van der Waals surface area contributed by atoms with Gasteiger partial charge in [0.25, 0.3) is 0 Å². The van der Waals surface area contributed by atoms with Gasteiger partial charge in [0.15, 0.2) is 0 Å². The number of ether oxygens (including phenoxy) is 1. The minimum absolute atomic E-state index is 0.0897. The maximum atomic E-state index is 13.2. The molecular formula is C23H31N3O2. The number of nitrogens with one attached hydrogen (secondary N) is 1. The Hall–Kier alpha value is -2.37. The number of fused-ring (bicyclic) bond motifs is 1. The molecule has 0 bridgehead atoms. The smallest absolute Gasteiger partial charge is 0.229 e. The van der Waals surface area contributed by atoms with Crippen molar-refractivity contribution in [3.8, 4) is 5.75 Å². The first-order chi connectivity index (χ1) is 13.4. The highest BCUT2D eigenvalue weighted by atomic mass is 16.5. The molecule has 0 saturated heterocycles. The fourth-order valence-electron chi connectivity index (χ4n) is 4.00. The van der Waals surface area contributed by atoms with Crippen molar-refractivity contribution in [2.24, 2.45) is 0 Å². The summed E-state index contributed by atoms with van der Waals surface area (Å²) >= 11 is 0. The molecule has 150 valence electrons. The molecule has 0 saturated carbocycles. The third-order valence-corrected chi connectivity index (χ3v) is 5.86. The molecule has 3 rings (SSSR count). The first kappa shape index (κ1) is 20.4. The molecule has 1 aliphatic rings. The van der Waals surface area contributed by atoms with Crippen molar-refractivity contribution in [2.45, 2.75) is 31.5 Å². The molecule has 2 aromatic carbocycles. The lowest BCUT2D eigenvalue weighted by atomic mass is 9.83. The van der Waals surface area contributed by atoms with Crippen molar-refractivity contribution < 1.29 is 9.53 Å². The van der Waals surface area contributed by atoms with Crippen LogP contribution >= 0.6 is 0 Å². The zero-order chi connectivity index (χ0) is 20.3. The molecule has 0 aliphatic carbocycles. The largest absolute Gasteiger partial charge is 0.497 e. The predicted molar refractivity (Wildman–Crippen MR) is 113 cm³/mol. The van der Waals surface area contributed by atoms with E-state index >= 15 is 0 Å². The molecule has 1 amide bonds. The normalized spacial score (nSPS) is 20.5. The summed E-state index contributed by atoms with van der Waals surface area (Å²) in [6.45, 7) is 3.58. The monoisotopic (exact) mass is 381 g/mol. The summed E-state index contributed by atoms with van der Waals surface area (Å²) in [5.41, 5.74) is 3.54. The number of amides is 1.